The molecule has 2 aliphatic rings. The molecule has 39 heavy (non-hydrogen) atoms. The van der Waals surface area contributed by atoms with Gasteiger partial charge in [-0.25, -0.2) is 9.78 Å². The van der Waals surface area contributed by atoms with E-state index in [1.807, 2.05) is 54.6 Å². The van der Waals surface area contributed by atoms with Crippen molar-refractivity contribution in [1.82, 2.24) is 4.98 Å². The van der Waals surface area contributed by atoms with Gasteiger partial charge in [0.2, 0.25) is 0 Å². The SMILES string of the molecule is O=C(O)[C@H](Cc1ccc(Nc2nccc3ccccc23)cc1)Nc1c(N2CCCC3CCCCC32)c(=O)c1=O. The number of carbonyl (C=O) groups is 1. The van der Waals surface area contributed by atoms with Crippen LogP contribution in [-0.2, 0) is 11.2 Å². The predicted octanol–water partition coefficient (Wildman–Crippen LogP) is 4.84. The average Bonchev–Trinajstić information content (AvgIpc) is 2.97. The molecule has 4 aromatic rings. The maximum atomic E-state index is 12.7. The summed E-state index contributed by atoms with van der Waals surface area (Å²) in [7, 11) is 0. The molecule has 1 saturated carbocycles. The summed E-state index contributed by atoms with van der Waals surface area (Å²) in [4.78, 5) is 44.0. The molecular formula is C31H32N4O4. The van der Waals surface area contributed by atoms with Gasteiger partial charge in [0.25, 0.3) is 10.9 Å². The van der Waals surface area contributed by atoms with E-state index in [1.165, 1.54) is 6.42 Å². The Morgan fingerprint density at radius 3 is 2.56 bits per heavy atom. The van der Waals surface area contributed by atoms with Gasteiger partial charge in [-0.05, 0) is 60.7 Å². The molecule has 1 saturated heterocycles. The van der Waals surface area contributed by atoms with Crippen LogP contribution in [0.4, 0.5) is 22.9 Å². The molecular weight excluding hydrogens is 492 g/mol. The van der Waals surface area contributed by atoms with Crippen LogP contribution >= 0.6 is 0 Å². The zero-order valence-electron chi connectivity index (χ0n) is 21.7. The van der Waals surface area contributed by atoms with Crippen LogP contribution in [0.1, 0.15) is 44.1 Å². The number of hydrogen-bond acceptors (Lipinski definition) is 7. The molecule has 2 unspecified atom stereocenters. The van der Waals surface area contributed by atoms with E-state index < -0.39 is 22.9 Å². The molecule has 0 amide bonds. The van der Waals surface area contributed by atoms with Crippen molar-refractivity contribution in [2.24, 2.45) is 5.92 Å². The smallest absolute Gasteiger partial charge is 0.326 e. The Hall–Kier alpha value is -4.20. The topological polar surface area (TPSA) is 112 Å². The quantitative estimate of drug-likeness (QED) is 0.281. The number of nitrogens with zero attached hydrogens (tertiary/aromatic N) is 2. The third-order valence-electron chi connectivity index (χ3n) is 8.36. The second kappa shape index (κ2) is 10.5. The summed E-state index contributed by atoms with van der Waals surface area (Å²) in [6, 6.07) is 16.7. The number of pyridine rings is 1. The number of benzene rings is 2. The number of aromatic nitrogens is 1. The highest BCUT2D eigenvalue weighted by Gasteiger charge is 2.38. The van der Waals surface area contributed by atoms with Gasteiger partial charge in [-0.15, -0.1) is 0 Å². The molecule has 200 valence electrons. The van der Waals surface area contributed by atoms with E-state index in [1.54, 1.807) is 6.20 Å². The minimum absolute atomic E-state index is 0.166. The van der Waals surface area contributed by atoms with E-state index in [9.17, 15) is 19.5 Å². The van der Waals surface area contributed by atoms with Crippen LogP contribution in [0.3, 0.4) is 0 Å². The molecule has 2 heterocycles. The number of aliphatic carboxylic acids is 1. The molecule has 8 nitrogen and oxygen atoms in total. The van der Waals surface area contributed by atoms with E-state index in [0.29, 0.717) is 11.6 Å². The first kappa shape index (κ1) is 25.1. The monoisotopic (exact) mass is 524 g/mol. The fourth-order valence-corrected chi connectivity index (χ4v) is 6.38. The number of nitrogens with one attached hydrogen (secondary N) is 2. The van der Waals surface area contributed by atoms with E-state index in [-0.39, 0.29) is 18.2 Å². The third kappa shape index (κ3) is 4.87. The lowest BCUT2D eigenvalue weighted by Gasteiger charge is -2.46. The van der Waals surface area contributed by atoms with Gasteiger partial charge in [0.15, 0.2) is 0 Å². The second-order valence-corrected chi connectivity index (χ2v) is 10.8. The van der Waals surface area contributed by atoms with Crippen LogP contribution < -0.4 is 26.4 Å². The standard InChI is InChI=1S/C31H32N4O4/c36-28-26(27(29(28)37)35-17-5-8-21-7-2-4-10-25(21)35)34-24(31(38)39)18-19-11-13-22(14-12-19)33-30-23-9-3-1-6-20(23)15-16-32-30/h1,3,6,9,11-16,21,24-25,34H,2,4-5,7-8,10,17-18H2,(H,32,33)(H,38,39)/t21?,24-,25?/m0/s1. The van der Waals surface area contributed by atoms with Crippen LogP contribution in [0.25, 0.3) is 10.8 Å². The number of carboxylic acids is 1. The Labute approximate surface area is 226 Å². The summed E-state index contributed by atoms with van der Waals surface area (Å²) >= 11 is 0. The Kier molecular flexibility index (Phi) is 6.77. The molecule has 1 aliphatic carbocycles. The van der Waals surface area contributed by atoms with Gasteiger partial charge < -0.3 is 20.6 Å². The molecule has 3 N–H and O–H groups in total. The molecule has 8 heteroatoms. The molecule has 2 fully saturated rings. The van der Waals surface area contributed by atoms with Gasteiger partial charge in [0, 0.05) is 36.3 Å². The molecule has 0 radical (unpaired) electrons. The maximum Gasteiger partial charge on any atom is 0.326 e. The van der Waals surface area contributed by atoms with Crippen molar-refractivity contribution in [3.05, 3.63) is 86.8 Å². The normalized spacial score (nSPS) is 19.9. The predicted molar refractivity (Wildman–Crippen MR) is 154 cm³/mol. The Bertz CT molecular complexity index is 1570. The van der Waals surface area contributed by atoms with E-state index in [4.69, 9.17) is 0 Å². The summed E-state index contributed by atoms with van der Waals surface area (Å²) < 4.78 is 0. The molecule has 1 aliphatic heterocycles. The zero-order chi connectivity index (χ0) is 26.9. The lowest BCUT2D eigenvalue weighted by molar-refractivity contribution is -0.137. The Balaban J connectivity index is 1.18. The number of fused-ring (bicyclic) bond motifs is 2. The fraction of sp³-hybridized carbons (Fsp3) is 0.355. The van der Waals surface area contributed by atoms with Crippen molar-refractivity contribution in [2.75, 3.05) is 22.1 Å². The van der Waals surface area contributed by atoms with Crippen LogP contribution in [0.5, 0.6) is 0 Å². The van der Waals surface area contributed by atoms with E-state index in [0.717, 1.165) is 66.5 Å². The highest BCUT2D eigenvalue weighted by Crippen LogP contribution is 2.39. The number of piperidine rings is 1. The Morgan fingerprint density at radius 1 is 0.974 bits per heavy atom. The fourth-order valence-electron chi connectivity index (χ4n) is 6.38. The summed E-state index contributed by atoms with van der Waals surface area (Å²) in [6.45, 7) is 0.735. The maximum absolute atomic E-state index is 12.7. The van der Waals surface area contributed by atoms with Crippen molar-refractivity contribution < 1.29 is 9.90 Å². The van der Waals surface area contributed by atoms with Gasteiger partial charge in [-0.3, -0.25) is 9.59 Å². The second-order valence-electron chi connectivity index (χ2n) is 10.8. The first-order chi connectivity index (χ1) is 19.0. The van der Waals surface area contributed by atoms with Gasteiger partial charge in [0.05, 0.1) is 0 Å². The lowest BCUT2D eigenvalue weighted by Crippen LogP contribution is -2.53. The van der Waals surface area contributed by atoms with Crippen molar-refractivity contribution in [1.29, 1.82) is 0 Å². The van der Waals surface area contributed by atoms with Crippen LogP contribution in [-0.4, -0.2) is 34.7 Å². The van der Waals surface area contributed by atoms with Crippen molar-refractivity contribution >= 4 is 39.6 Å². The van der Waals surface area contributed by atoms with Crippen LogP contribution in [0, 0.1) is 5.92 Å². The number of carboxylic acid groups (broad SMARTS) is 1. The summed E-state index contributed by atoms with van der Waals surface area (Å²) in [5.41, 5.74) is 1.09. The molecule has 1 aromatic heterocycles. The Morgan fingerprint density at radius 2 is 1.74 bits per heavy atom. The largest absolute Gasteiger partial charge is 0.480 e. The lowest BCUT2D eigenvalue weighted by atomic mass is 9.78. The summed E-state index contributed by atoms with van der Waals surface area (Å²) in [5.74, 6) is 0.220. The number of anilines is 4. The van der Waals surface area contributed by atoms with E-state index >= 15 is 0 Å². The van der Waals surface area contributed by atoms with Crippen LogP contribution in [0.15, 0.2) is 70.4 Å². The average molecular weight is 525 g/mol. The minimum atomic E-state index is -1.06. The summed E-state index contributed by atoms with van der Waals surface area (Å²) in [5, 5.41) is 18.4. The molecule has 0 bridgehead atoms. The molecule has 0 spiro atoms. The van der Waals surface area contributed by atoms with E-state index in [2.05, 4.69) is 20.5 Å². The summed E-state index contributed by atoms with van der Waals surface area (Å²) in [6.07, 6.45) is 8.56. The van der Waals surface area contributed by atoms with Gasteiger partial charge >= 0.3 is 5.97 Å². The first-order valence-corrected chi connectivity index (χ1v) is 13.8. The first-order valence-electron chi connectivity index (χ1n) is 13.8. The number of rotatable bonds is 8. The molecule has 3 atom stereocenters. The van der Waals surface area contributed by atoms with Crippen molar-refractivity contribution in [3.63, 3.8) is 0 Å². The number of hydrogen-bond donors (Lipinski definition) is 3. The molecule has 3 aromatic carbocycles. The minimum Gasteiger partial charge on any atom is -0.480 e. The highest BCUT2D eigenvalue weighted by molar-refractivity contribution is 5.93. The van der Waals surface area contributed by atoms with Crippen molar-refractivity contribution in [2.45, 2.75) is 57.0 Å². The molecule has 6 rings (SSSR count). The van der Waals surface area contributed by atoms with Crippen molar-refractivity contribution in [3.8, 4) is 0 Å². The highest BCUT2D eigenvalue weighted by atomic mass is 16.4. The zero-order valence-corrected chi connectivity index (χ0v) is 21.7. The van der Waals surface area contributed by atoms with Gasteiger partial charge in [-0.2, -0.15) is 0 Å². The van der Waals surface area contributed by atoms with Crippen LogP contribution in [0.2, 0.25) is 0 Å². The van der Waals surface area contributed by atoms with Gasteiger partial charge in [-0.1, -0.05) is 49.2 Å². The van der Waals surface area contributed by atoms with Gasteiger partial charge in [0.1, 0.15) is 23.2 Å². The third-order valence-corrected chi connectivity index (χ3v) is 8.36.